The molecule has 0 heterocycles. The number of phenolic OH excluding ortho intramolecular Hbond substituents is 1. The lowest BCUT2D eigenvalue weighted by Crippen LogP contribution is -2.04. The first-order valence-corrected chi connectivity index (χ1v) is 4.05. The van der Waals surface area contributed by atoms with E-state index in [2.05, 4.69) is 0 Å². The van der Waals surface area contributed by atoms with Crippen molar-refractivity contribution in [2.45, 2.75) is 20.0 Å². The molecule has 1 atom stereocenters. The fourth-order valence-electron chi connectivity index (χ4n) is 1.06. The molecule has 1 aromatic carbocycles. The fourth-order valence-corrected chi connectivity index (χ4v) is 1.06. The zero-order valence-electron chi connectivity index (χ0n) is 8.36. The van der Waals surface area contributed by atoms with E-state index in [0.717, 1.165) is 5.56 Å². The maximum Gasteiger partial charge on any atom is 0.303 e. The fraction of sp³-hybridized carbons (Fsp3) is 0.300. The molecule has 0 aliphatic heterocycles. The molecular weight excluding hydrogens is 182 g/mol. The Morgan fingerprint density at radius 3 is 2.29 bits per heavy atom. The van der Waals surface area contributed by atoms with Gasteiger partial charge < -0.3 is 16.0 Å². The summed E-state index contributed by atoms with van der Waals surface area (Å²) in [6.07, 6.45) is -0.266. The van der Waals surface area contributed by atoms with Gasteiger partial charge in [0, 0.05) is 6.92 Å². The number of rotatable bonds is 2. The van der Waals surface area contributed by atoms with Crippen molar-refractivity contribution in [3.63, 3.8) is 0 Å². The number of carbonyl (C=O) groups excluding carboxylic acids is 1. The first kappa shape index (κ1) is 12.4. The van der Waals surface area contributed by atoms with Crippen LogP contribution in [0.3, 0.4) is 0 Å². The van der Waals surface area contributed by atoms with Crippen molar-refractivity contribution in [3.05, 3.63) is 29.8 Å². The van der Waals surface area contributed by atoms with Crippen LogP contribution < -0.4 is 6.15 Å². The van der Waals surface area contributed by atoms with Gasteiger partial charge in [0.2, 0.25) is 0 Å². The third-order valence-corrected chi connectivity index (χ3v) is 1.71. The first-order chi connectivity index (χ1) is 6.09. The quantitative estimate of drug-likeness (QED) is 0.712. The monoisotopic (exact) mass is 197 g/mol. The van der Waals surface area contributed by atoms with E-state index in [1.807, 2.05) is 0 Å². The minimum absolute atomic E-state index is 0. The zero-order valence-corrected chi connectivity index (χ0v) is 8.36. The van der Waals surface area contributed by atoms with Gasteiger partial charge in [0.25, 0.3) is 0 Å². The molecule has 1 unspecified atom stereocenters. The van der Waals surface area contributed by atoms with Crippen molar-refractivity contribution in [2.75, 3.05) is 0 Å². The van der Waals surface area contributed by atoms with E-state index >= 15 is 0 Å². The van der Waals surface area contributed by atoms with Gasteiger partial charge in [-0.1, -0.05) is 12.1 Å². The Morgan fingerprint density at radius 1 is 1.36 bits per heavy atom. The molecular formula is C10H15NO3. The molecule has 14 heavy (non-hydrogen) atoms. The van der Waals surface area contributed by atoms with E-state index in [1.165, 1.54) is 6.92 Å². The third kappa shape index (κ3) is 3.45. The van der Waals surface area contributed by atoms with Gasteiger partial charge in [0.15, 0.2) is 0 Å². The Kier molecular flexibility index (Phi) is 4.66. The minimum Gasteiger partial charge on any atom is -0.508 e. The summed E-state index contributed by atoms with van der Waals surface area (Å²) in [7, 11) is 0. The normalized spacial score (nSPS) is 11.3. The summed E-state index contributed by atoms with van der Waals surface area (Å²) >= 11 is 0. The smallest absolute Gasteiger partial charge is 0.303 e. The molecule has 0 saturated carbocycles. The molecule has 0 aliphatic carbocycles. The van der Waals surface area contributed by atoms with E-state index in [4.69, 9.17) is 9.84 Å². The zero-order chi connectivity index (χ0) is 9.84. The summed E-state index contributed by atoms with van der Waals surface area (Å²) in [5.74, 6) is -0.0978. The van der Waals surface area contributed by atoms with Crippen LogP contribution in [0.1, 0.15) is 25.5 Å². The van der Waals surface area contributed by atoms with Crippen LogP contribution in [0.4, 0.5) is 0 Å². The molecule has 0 radical (unpaired) electrons. The summed E-state index contributed by atoms with van der Waals surface area (Å²) in [5.41, 5.74) is 0.869. The van der Waals surface area contributed by atoms with Gasteiger partial charge >= 0.3 is 5.97 Å². The summed E-state index contributed by atoms with van der Waals surface area (Å²) in [4.78, 5) is 10.6. The van der Waals surface area contributed by atoms with Crippen LogP contribution in [0.25, 0.3) is 0 Å². The molecule has 0 spiro atoms. The van der Waals surface area contributed by atoms with Crippen LogP contribution in [0.2, 0.25) is 0 Å². The van der Waals surface area contributed by atoms with Crippen molar-refractivity contribution >= 4 is 5.97 Å². The molecule has 4 nitrogen and oxygen atoms in total. The Morgan fingerprint density at radius 2 is 1.86 bits per heavy atom. The number of phenols is 1. The van der Waals surface area contributed by atoms with E-state index in [0.29, 0.717) is 0 Å². The van der Waals surface area contributed by atoms with Gasteiger partial charge in [0.1, 0.15) is 11.9 Å². The van der Waals surface area contributed by atoms with Gasteiger partial charge in [-0.05, 0) is 24.6 Å². The van der Waals surface area contributed by atoms with Crippen molar-refractivity contribution in [1.29, 1.82) is 0 Å². The maximum absolute atomic E-state index is 10.6. The van der Waals surface area contributed by atoms with E-state index < -0.39 is 0 Å². The molecule has 0 aliphatic rings. The predicted octanol–water partition coefficient (Wildman–Crippen LogP) is 2.18. The molecule has 0 aromatic heterocycles. The SMILES string of the molecule is CC(=O)OC(C)c1ccc(O)cc1.N. The molecule has 0 saturated heterocycles. The van der Waals surface area contributed by atoms with Crippen molar-refractivity contribution in [3.8, 4) is 5.75 Å². The molecule has 0 amide bonds. The molecule has 4 N–H and O–H groups in total. The number of benzene rings is 1. The maximum atomic E-state index is 10.6. The highest BCUT2D eigenvalue weighted by Gasteiger charge is 2.07. The van der Waals surface area contributed by atoms with Crippen LogP contribution in [0.15, 0.2) is 24.3 Å². The molecule has 78 valence electrons. The van der Waals surface area contributed by atoms with Gasteiger partial charge in [-0.2, -0.15) is 0 Å². The highest BCUT2D eigenvalue weighted by Crippen LogP contribution is 2.19. The van der Waals surface area contributed by atoms with Crippen molar-refractivity contribution in [2.24, 2.45) is 0 Å². The van der Waals surface area contributed by atoms with E-state index in [1.54, 1.807) is 31.2 Å². The van der Waals surface area contributed by atoms with Crippen LogP contribution in [-0.2, 0) is 9.53 Å². The summed E-state index contributed by atoms with van der Waals surface area (Å²) in [6.45, 7) is 3.16. The number of hydrogen-bond acceptors (Lipinski definition) is 4. The minimum atomic E-state index is -0.305. The third-order valence-electron chi connectivity index (χ3n) is 1.71. The van der Waals surface area contributed by atoms with Gasteiger partial charge in [-0.3, -0.25) is 4.79 Å². The van der Waals surface area contributed by atoms with Crippen molar-refractivity contribution in [1.82, 2.24) is 6.15 Å². The summed E-state index contributed by atoms with van der Waals surface area (Å²) in [5, 5.41) is 9.01. The molecule has 0 fully saturated rings. The Labute approximate surface area is 83.1 Å². The van der Waals surface area contributed by atoms with E-state index in [9.17, 15) is 4.79 Å². The summed E-state index contributed by atoms with van der Waals surface area (Å²) in [6, 6.07) is 6.58. The molecule has 0 bridgehead atoms. The largest absolute Gasteiger partial charge is 0.508 e. The van der Waals surface area contributed by atoms with E-state index in [-0.39, 0.29) is 24.0 Å². The highest BCUT2D eigenvalue weighted by atomic mass is 16.5. The topological polar surface area (TPSA) is 81.5 Å². The second-order valence-corrected chi connectivity index (χ2v) is 2.84. The van der Waals surface area contributed by atoms with Crippen molar-refractivity contribution < 1.29 is 14.6 Å². The Balaban J connectivity index is 0.00000169. The number of aromatic hydroxyl groups is 1. The molecule has 4 heteroatoms. The number of ether oxygens (including phenoxy) is 1. The molecule has 1 rings (SSSR count). The highest BCUT2D eigenvalue weighted by molar-refractivity contribution is 5.66. The van der Waals surface area contributed by atoms with Crippen LogP contribution >= 0.6 is 0 Å². The average molecular weight is 197 g/mol. The lowest BCUT2D eigenvalue weighted by molar-refractivity contribution is -0.145. The first-order valence-electron chi connectivity index (χ1n) is 4.05. The van der Waals surface area contributed by atoms with Gasteiger partial charge in [-0.15, -0.1) is 0 Å². The number of esters is 1. The predicted molar refractivity (Wildman–Crippen MR) is 53.3 cm³/mol. The Hall–Kier alpha value is -1.55. The van der Waals surface area contributed by atoms with Crippen LogP contribution in [-0.4, -0.2) is 11.1 Å². The van der Waals surface area contributed by atoms with Crippen LogP contribution in [0.5, 0.6) is 5.75 Å². The second kappa shape index (κ2) is 5.24. The lowest BCUT2D eigenvalue weighted by Gasteiger charge is -2.11. The Bertz CT molecular complexity index is 295. The number of carbonyl (C=O) groups is 1. The van der Waals surface area contributed by atoms with Crippen LogP contribution in [0, 0.1) is 0 Å². The average Bonchev–Trinajstić information content (AvgIpc) is 2.04. The van der Waals surface area contributed by atoms with Gasteiger partial charge in [-0.25, -0.2) is 0 Å². The molecule has 1 aromatic rings. The standard InChI is InChI=1S/C10H12O3.H3N/c1-7(13-8(2)11)9-3-5-10(12)6-4-9;/h3-7,12H,1-2H3;1H3. The van der Waals surface area contributed by atoms with Gasteiger partial charge in [0.05, 0.1) is 0 Å². The lowest BCUT2D eigenvalue weighted by atomic mass is 10.1. The summed E-state index contributed by atoms with van der Waals surface area (Å²) < 4.78 is 4.96. The number of hydrogen-bond donors (Lipinski definition) is 2. The second-order valence-electron chi connectivity index (χ2n) is 2.84.